The van der Waals surface area contributed by atoms with Crippen LogP contribution in [0.15, 0.2) is 12.2 Å². The van der Waals surface area contributed by atoms with Crippen molar-refractivity contribution in [1.82, 2.24) is 21.3 Å². The highest BCUT2D eigenvalue weighted by Crippen LogP contribution is 2.33. The molecule has 3 aliphatic heterocycles. The van der Waals surface area contributed by atoms with Crippen molar-refractivity contribution in [3.8, 4) is 0 Å². The summed E-state index contributed by atoms with van der Waals surface area (Å²) < 4.78 is 5.68. The van der Waals surface area contributed by atoms with Crippen LogP contribution in [0.4, 0.5) is 0 Å². The van der Waals surface area contributed by atoms with E-state index in [9.17, 15) is 24.0 Å². The van der Waals surface area contributed by atoms with E-state index in [1.807, 2.05) is 6.08 Å². The maximum Gasteiger partial charge on any atom is 0.329 e. The summed E-state index contributed by atoms with van der Waals surface area (Å²) in [6, 6.07) is -3.07. The molecular weight excluding hydrogens is 504 g/mol. The van der Waals surface area contributed by atoms with Crippen LogP contribution in [0.2, 0.25) is 0 Å². The molecule has 0 radical (unpaired) electrons. The fraction of sp³-hybridized carbons (Fsp3) is 0.708. The third kappa shape index (κ3) is 6.01. The Labute approximate surface area is 219 Å². The Morgan fingerprint density at radius 2 is 1.72 bits per heavy atom. The molecule has 200 valence electrons. The second-order valence-corrected chi connectivity index (χ2v) is 12.7. The van der Waals surface area contributed by atoms with Gasteiger partial charge in [0.05, 0.1) is 6.42 Å². The molecular formula is C24H36N4O6S2. The second kappa shape index (κ2) is 11.9. The molecule has 0 aromatic carbocycles. The minimum Gasteiger partial charge on any atom is -0.456 e. The Bertz CT molecular complexity index is 926. The Balaban J connectivity index is 2.22. The maximum absolute atomic E-state index is 13.8. The van der Waals surface area contributed by atoms with Gasteiger partial charge in [0, 0.05) is 17.4 Å². The topological polar surface area (TPSA) is 143 Å². The molecule has 12 heteroatoms. The monoisotopic (exact) mass is 540 g/mol. The van der Waals surface area contributed by atoms with Crippen LogP contribution in [-0.4, -0.2) is 70.9 Å². The molecule has 3 aliphatic rings. The standard InChI is InChI=1S/C24H36N4O6S2/c1-12(2)18-22(32)34-15-8-6-7-9-35-36-11-16-20(30)27-19(21(31)26-18)14(5)24(13(3)4,23(33)25-16)28-17(29)10-15/h6,8,12-16,18-19H,7,9-11H2,1-5H3,(H,25,33)(H,26,31)(H,27,30)(H,28,29)/b8-6-/t14?,15-,16-,18+,19?,24-/m1/s1. The van der Waals surface area contributed by atoms with Crippen LogP contribution in [0.5, 0.6) is 0 Å². The molecule has 3 heterocycles. The highest BCUT2D eigenvalue weighted by atomic mass is 33.1. The van der Waals surface area contributed by atoms with Gasteiger partial charge in [0.25, 0.3) is 0 Å². The Morgan fingerprint density at radius 3 is 2.39 bits per heavy atom. The zero-order valence-corrected chi connectivity index (χ0v) is 22.9. The SMILES string of the molecule is CC(C)[C@@H]1NC(=O)C2NC(=O)[C@H]3CSSCC/C=C\[C@H](CC(=O)N[C@@](C(C)C)(C(=O)N3)C2C)OC1=O. The van der Waals surface area contributed by atoms with Crippen molar-refractivity contribution >= 4 is 51.2 Å². The first-order valence-electron chi connectivity index (χ1n) is 12.3. The van der Waals surface area contributed by atoms with Crippen molar-refractivity contribution in [2.45, 2.75) is 77.2 Å². The normalized spacial score (nSPS) is 35.5. The van der Waals surface area contributed by atoms with E-state index in [0.717, 1.165) is 5.75 Å². The zero-order chi connectivity index (χ0) is 26.6. The largest absolute Gasteiger partial charge is 0.456 e. The summed E-state index contributed by atoms with van der Waals surface area (Å²) in [6.07, 6.45) is 3.15. The maximum atomic E-state index is 13.8. The smallest absolute Gasteiger partial charge is 0.329 e. The predicted octanol–water partition coefficient (Wildman–Crippen LogP) is 0.914. The summed E-state index contributed by atoms with van der Waals surface area (Å²) in [5, 5.41) is 11.3. The van der Waals surface area contributed by atoms with Gasteiger partial charge in [-0.3, -0.25) is 19.2 Å². The van der Waals surface area contributed by atoms with E-state index in [-0.39, 0.29) is 18.1 Å². The number of carbonyl (C=O) groups is 5. The molecule has 0 aliphatic carbocycles. The van der Waals surface area contributed by atoms with Crippen LogP contribution in [0.3, 0.4) is 0 Å². The second-order valence-electron chi connectivity index (χ2n) is 10.1. The quantitative estimate of drug-likeness (QED) is 0.230. The molecule has 10 nitrogen and oxygen atoms in total. The highest BCUT2D eigenvalue weighted by molar-refractivity contribution is 8.76. The van der Waals surface area contributed by atoms with Gasteiger partial charge in [-0.2, -0.15) is 0 Å². The summed E-state index contributed by atoms with van der Waals surface area (Å²) in [4.78, 5) is 67.1. The molecule has 0 aromatic rings. The number of rotatable bonds is 2. The lowest BCUT2D eigenvalue weighted by Gasteiger charge is -2.47. The van der Waals surface area contributed by atoms with E-state index in [4.69, 9.17) is 4.74 Å². The molecule has 4 N–H and O–H groups in total. The Morgan fingerprint density at radius 1 is 1.00 bits per heavy atom. The Hall–Kier alpha value is -2.21. The first kappa shape index (κ1) is 28.4. The van der Waals surface area contributed by atoms with E-state index in [0.29, 0.717) is 6.42 Å². The van der Waals surface area contributed by atoms with E-state index in [2.05, 4.69) is 21.3 Å². The van der Waals surface area contributed by atoms with Crippen LogP contribution >= 0.6 is 21.6 Å². The molecule has 2 unspecified atom stereocenters. The average Bonchev–Trinajstić information content (AvgIpc) is 2.79. The minimum atomic E-state index is -1.51. The van der Waals surface area contributed by atoms with Crippen molar-refractivity contribution in [2.24, 2.45) is 17.8 Å². The first-order chi connectivity index (χ1) is 17.0. The molecule has 4 bridgehead atoms. The van der Waals surface area contributed by atoms with Crippen molar-refractivity contribution in [3.05, 3.63) is 12.2 Å². The number of amides is 4. The van der Waals surface area contributed by atoms with Crippen molar-refractivity contribution in [3.63, 3.8) is 0 Å². The van der Waals surface area contributed by atoms with E-state index in [1.54, 1.807) is 51.5 Å². The molecule has 2 saturated heterocycles. The Kier molecular flexibility index (Phi) is 9.37. The van der Waals surface area contributed by atoms with Crippen LogP contribution in [0.25, 0.3) is 0 Å². The van der Waals surface area contributed by atoms with Gasteiger partial charge in [-0.05, 0) is 24.3 Å². The summed E-state index contributed by atoms with van der Waals surface area (Å²) in [5.41, 5.74) is -1.51. The lowest BCUT2D eigenvalue weighted by molar-refractivity contribution is -0.156. The van der Waals surface area contributed by atoms with Crippen LogP contribution in [0, 0.1) is 17.8 Å². The van der Waals surface area contributed by atoms with Gasteiger partial charge in [0.2, 0.25) is 23.6 Å². The lowest BCUT2D eigenvalue weighted by Crippen LogP contribution is -2.75. The summed E-state index contributed by atoms with van der Waals surface area (Å²) in [5.74, 6) is -3.34. The third-order valence-corrected chi connectivity index (χ3v) is 9.41. The fourth-order valence-electron chi connectivity index (χ4n) is 4.82. The molecule has 3 rings (SSSR count). The zero-order valence-electron chi connectivity index (χ0n) is 21.3. The summed E-state index contributed by atoms with van der Waals surface area (Å²) in [7, 11) is 2.99. The number of carbonyl (C=O) groups excluding carboxylic acids is 5. The van der Waals surface area contributed by atoms with Crippen molar-refractivity contribution in [1.29, 1.82) is 0 Å². The van der Waals surface area contributed by atoms with Gasteiger partial charge in [-0.1, -0.05) is 62.3 Å². The number of hydrogen-bond donors (Lipinski definition) is 4. The average molecular weight is 541 g/mol. The van der Waals surface area contributed by atoms with E-state index >= 15 is 0 Å². The minimum absolute atomic E-state index is 0.183. The van der Waals surface area contributed by atoms with Gasteiger partial charge in [-0.15, -0.1) is 0 Å². The molecule has 0 spiro atoms. The lowest BCUT2D eigenvalue weighted by atomic mass is 9.70. The number of ether oxygens (including phenoxy) is 1. The van der Waals surface area contributed by atoms with Gasteiger partial charge < -0.3 is 26.0 Å². The number of nitrogens with one attached hydrogen (secondary N) is 4. The first-order valence-corrected chi connectivity index (χ1v) is 14.8. The number of allylic oxidation sites excluding steroid dienone is 1. The predicted molar refractivity (Wildman–Crippen MR) is 139 cm³/mol. The molecule has 4 amide bonds. The van der Waals surface area contributed by atoms with E-state index < -0.39 is 71.2 Å². The number of fused-ring (bicyclic) bond motifs is 6. The van der Waals surface area contributed by atoms with Crippen LogP contribution in [0.1, 0.15) is 47.5 Å². The molecule has 6 atom stereocenters. The van der Waals surface area contributed by atoms with Gasteiger partial charge in [0.1, 0.15) is 29.8 Å². The fourth-order valence-corrected chi connectivity index (χ4v) is 6.98. The summed E-state index contributed by atoms with van der Waals surface area (Å²) >= 11 is 0. The summed E-state index contributed by atoms with van der Waals surface area (Å²) in [6.45, 7) is 8.80. The van der Waals surface area contributed by atoms with E-state index in [1.165, 1.54) is 10.8 Å². The number of hydrogen-bond acceptors (Lipinski definition) is 8. The van der Waals surface area contributed by atoms with Crippen LogP contribution in [-0.2, 0) is 28.7 Å². The van der Waals surface area contributed by atoms with Gasteiger partial charge >= 0.3 is 5.97 Å². The molecule has 2 fully saturated rings. The van der Waals surface area contributed by atoms with Gasteiger partial charge in [0.15, 0.2) is 0 Å². The van der Waals surface area contributed by atoms with Crippen molar-refractivity contribution < 1.29 is 28.7 Å². The highest BCUT2D eigenvalue weighted by Gasteiger charge is 2.55. The van der Waals surface area contributed by atoms with Gasteiger partial charge in [-0.25, -0.2) is 4.79 Å². The molecule has 0 aromatic heterocycles. The molecule has 36 heavy (non-hydrogen) atoms. The molecule has 0 saturated carbocycles. The number of esters is 1. The van der Waals surface area contributed by atoms with Crippen molar-refractivity contribution in [2.75, 3.05) is 11.5 Å². The third-order valence-electron chi connectivity index (χ3n) is 6.96. The van der Waals surface area contributed by atoms with Crippen LogP contribution < -0.4 is 21.3 Å².